The Morgan fingerprint density at radius 2 is 1.67 bits per heavy atom. The number of benzene rings is 1. The average molecular weight is 506 g/mol. The monoisotopic (exact) mass is 505 g/mol. The number of rotatable bonds is 7. The number of fused-ring (bicyclic) bond motifs is 1. The lowest BCUT2D eigenvalue weighted by Gasteiger charge is -2.32. The number of imidazole rings is 1. The Morgan fingerprint density at radius 3 is 2.25 bits per heavy atom. The predicted octanol–water partition coefficient (Wildman–Crippen LogP) is 3.51. The summed E-state index contributed by atoms with van der Waals surface area (Å²) in [6.07, 6.45) is 0.447. The summed E-state index contributed by atoms with van der Waals surface area (Å²) in [6.45, 7) is 4.12. The van der Waals surface area contributed by atoms with Crippen LogP contribution in [0.2, 0.25) is 0 Å². The van der Waals surface area contributed by atoms with Crippen molar-refractivity contribution in [1.29, 1.82) is 0 Å². The molecule has 0 radical (unpaired) electrons. The van der Waals surface area contributed by atoms with E-state index in [9.17, 15) is 22.8 Å². The zero-order valence-electron chi connectivity index (χ0n) is 20.6. The fourth-order valence-corrected chi connectivity index (χ4v) is 4.55. The number of alkyl halides is 3. The van der Waals surface area contributed by atoms with Crippen LogP contribution in [0, 0.1) is 0 Å². The molecule has 1 fully saturated rings. The van der Waals surface area contributed by atoms with Gasteiger partial charge in [0.25, 0.3) is 5.56 Å². The number of aryl methyl sites for hydroxylation is 2. The standard InChI is InChI=1S/C25H30F3N5O3/c1-4-32-22-21(23(34)33(5-2)24(32)35)30(3)20(29-22)11-8-17-6-9-18(10-7-17)36-19-12-14-31(15-13-19)16-25(26,27)28/h6-11,19H,4-5,12-16H2,1-3H3. The maximum absolute atomic E-state index is 12.8. The maximum atomic E-state index is 12.8. The van der Waals surface area contributed by atoms with Crippen molar-refractivity contribution < 1.29 is 17.9 Å². The summed E-state index contributed by atoms with van der Waals surface area (Å²) >= 11 is 0. The number of hydrogen-bond acceptors (Lipinski definition) is 5. The normalized spacial score (nSPS) is 15.8. The predicted molar refractivity (Wildman–Crippen MR) is 132 cm³/mol. The van der Waals surface area contributed by atoms with E-state index in [1.54, 1.807) is 24.6 Å². The summed E-state index contributed by atoms with van der Waals surface area (Å²) in [6, 6.07) is 7.40. The first-order valence-electron chi connectivity index (χ1n) is 12.0. The van der Waals surface area contributed by atoms with E-state index < -0.39 is 12.7 Å². The quantitative estimate of drug-likeness (QED) is 0.491. The minimum Gasteiger partial charge on any atom is -0.490 e. The van der Waals surface area contributed by atoms with E-state index in [4.69, 9.17) is 4.74 Å². The minimum absolute atomic E-state index is 0.112. The molecule has 0 aliphatic carbocycles. The van der Waals surface area contributed by atoms with E-state index in [1.807, 2.05) is 37.3 Å². The molecule has 3 heterocycles. The first-order chi connectivity index (χ1) is 17.1. The van der Waals surface area contributed by atoms with E-state index in [0.29, 0.717) is 55.2 Å². The SMILES string of the molecule is CCn1c(=O)c2c(nc(C=Cc3ccc(OC4CCN(CC(F)(F)F)CC4)cc3)n2C)n(CC)c1=O. The van der Waals surface area contributed by atoms with Gasteiger partial charge in [-0.25, -0.2) is 9.78 Å². The summed E-state index contributed by atoms with van der Waals surface area (Å²) in [7, 11) is 1.75. The smallest absolute Gasteiger partial charge is 0.401 e. The van der Waals surface area contributed by atoms with Crippen molar-refractivity contribution >= 4 is 23.3 Å². The van der Waals surface area contributed by atoms with E-state index in [0.717, 1.165) is 5.56 Å². The first kappa shape index (κ1) is 25.7. The van der Waals surface area contributed by atoms with Gasteiger partial charge in [-0.15, -0.1) is 0 Å². The number of aromatic nitrogens is 4. The Hall–Kier alpha value is -3.34. The second kappa shape index (κ2) is 10.3. The highest BCUT2D eigenvalue weighted by Gasteiger charge is 2.32. The molecule has 194 valence electrons. The molecular formula is C25H30F3N5O3. The lowest BCUT2D eigenvalue weighted by Crippen LogP contribution is -2.42. The molecule has 8 nitrogen and oxygen atoms in total. The summed E-state index contributed by atoms with van der Waals surface area (Å²) in [5, 5.41) is 0. The van der Waals surface area contributed by atoms with Crippen molar-refractivity contribution in [2.24, 2.45) is 7.05 Å². The van der Waals surface area contributed by atoms with Crippen molar-refractivity contribution in [2.45, 2.75) is 52.1 Å². The van der Waals surface area contributed by atoms with E-state index in [2.05, 4.69) is 4.98 Å². The summed E-state index contributed by atoms with van der Waals surface area (Å²) < 4.78 is 48.0. The van der Waals surface area contributed by atoms with Crippen LogP contribution < -0.4 is 16.0 Å². The van der Waals surface area contributed by atoms with Gasteiger partial charge < -0.3 is 9.30 Å². The van der Waals surface area contributed by atoms with E-state index >= 15 is 0 Å². The van der Waals surface area contributed by atoms with Crippen molar-refractivity contribution in [3.05, 3.63) is 56.5 Å². The molecule has 0 amide bonds. The van der Waals surface area contributed by atoms with Gasteiger partial charge in [-0.1, -0.05) is 18.2 Å². The van der Waals surface area contributed by atoms with E-state index in [-0.39, 0.29) is 23.9 Å². The molecule has 0 N–H and O–H groups in total. The van der Waals surface area contributed by atoms with Crippen LogP contribution in [0.5, 0.6) is 5.75 Å². The van der Waals surface area contributed by atoms with Gasteiger partial charge in [0.15, 0.2) is 11.2 Å². The largest absolute Gasteiger partial charge is 0.490 e. The van der Waals surface area contributed by atoms with Crippen LogP contribution in [0.15, 0.2) is 33.9 Å². The number of halogens is 3. The highest BCUT2D eigenvalue weighted by molar-refractivity contribution is 5.76. The highest BCUT2D eigenvalue weighted by atomic mass is 19.4. The third-order valence-corrected chi connectivity index (χ3v) is 6.45. The Kier molecular flexibility index (Phi) is 7.39. The molecule has 2 aromatic heterocycles. The van der Waals surface area contributed by atoms with Gasteiger partial charge in [-0.05, 0) is 50.5 Å². The van der Waals surface area contributed by atoms with Gasteiger partial charge in [0.1, 0.15) is 17.7 Å². The van der Waals surface area contributed by atoms with Crippen molar-refractivity contribution in [3.8, 4) is 5.75 Å². The molecule has 36 heavy (non-hydrogen) atoms. The van der Waals surface area contributed by atoms with Gasteiger partial charge in [0.05, 0.1) is 6.54 Å². The number of likely N-dealkylation sites (tertiary alicyclic amines) is 1. The van der Waals surface area contributed by atoms with Gasteiger partial charge in [0.2, 0.25) is 0 Å². The number of piperidine rings is 1. The van der Waals surface area contributed by atoms with Crippen LogP contribution in [-0.2, 0) is 20.1 Å². The molecule has 1 aliphatic heterocycles. The third-order valence-electron chi connectivity index (χ3n) is 6.45. The number of ether oxygens (including phenoxy) is 1. The van der Waals surface area contributed by atoms with Gasteiger partial charge in [-0.2, -0.15) is 13.2 Å². The van der Waals surface area contributed by atoms with E-state index in [1.165, 1.54) is 14.0 Å². The van der Waals surface area contributed by atoms with Gasteiger partial charge in [-0.3, -0.25) is 18.8 Å². The van der Waals surface area contributed by atoms with Crippen LogP contribution in [0.4, 0.5) is 13.2 Å². The molecule has 0 atom stereocenters. The Balaban J connectivity index is 1.46. The third kappa shape index (κ3) is 5.40. The molecule has 1 saturated heterocycles. The maximum Gasteiger partial charge on any atom is 0.401 e. The van der Waals surface area contributed by atoms with Crippen molar-refractivity contribution in [1.82, 2.24) is 23.6 Å². The zero-order valence-corrected chi connectivity index (χ0v) is 20.6. The summed E-state index contributed by atoms with van der Waals surface area (Å²) in [5.41, 5.74) is 0.899. The van der Waals surface area contributed by atoms with Crippen LogP contribution in [0.1, 0.15) is 38.1 Å². The molecule has 0 unspecified atom stereocenters. The zero-order chi connectivity index (χ0) is 26.0. The van der Waals surface area contributed by atoms with Crippen LogP contribution in [0.3, 0.4) is 0 Å². The first-order valence-corrected chi connectivity index (χ1v) is 12.0. The fourth-order valence-electron chi connectivity index (χ4n) is 4.55. The molecule has 3 aromatic rings. The lowest BCUT2D eigenvalue weighted by molar-refractivity contribution is -0.149. The van der Waals surface area contributed by atoms with Crippen molar-refractivity contribution in [2.75, 3.05) is 19.6 Å². The van der Waals surface area contributed by atoms with Crippen LogP contribution in [0.25, 0.3) is 23.3 Å². The molecule has 0 saturated carbocycles. The fraction of sp³-hybridized carbons (Fsp3) is 0.480. The van der Waals surface area contributed by atoms with Gasteiger partial charge >= 0.3 is 11.9 Å². The Bertz CT molecular complexity index is 1360. The van der Waals surface area contributed by atoms with Gasteiger partial charge in [0, 0.05) is 33.2 Å². The van der Waals surface area contributed by atoms with Crippen LogP contribution >= 0.6 is 0 Å². The second-order valence-corrected chi connectivity index (χ2v) is 8.89. The molecule has 11 heteroatoms. The topological polar surface area (TPSA) is 74.3 Å². The number of nitrogens with zero attached hydrogens (tertiary/aromatic N) is 5. The lowest BCUT2D eigenvalue weighted by atomic mass is 10.1. The average Bonchev–Trinajstić information content (AvgIpc) is 3.15. The Labute approximate surface area is 206 Å². The molecule has 1 aliphatic rings. The van der Waals surface area contributed by atoms with Crippen molar-refractivity contribution in [3.63, 3.8) is 0 Å². The molecule has 1 aromatic carbocycles. The highest BCUT2D eigenvalue weighted by Crippen LogP contribution is 2.23. The Morgan fingerprint density at radius 1 is 1.03 bits per heavy atom. The molecule has 0 bridgehead atoms. The number of hydrogen-bond donors (Lipinski definition) is 0. The second-order valence-electron chi connectivity index (χ2n) is 8.89. The molecular weight excluding hydrogens is 475 g/mol. The van der Waals surface area contributed by atoms with Crippen LogP contribution in [-0.4, -0.2) is 55.5 Å². The minimum atomic E-state index is -4.18. The summed E-state index contributed by atoms with van der Waals surface area (Å²) in [5.74, 6) is 1.21. The molecule has 0 spiro atoms. The molecule has 4 rings (SSSR count). The summed E-state index contributed by atoms with van der Waals surface area (Å²) in [4.78, 5) is 31.4.